The van der Waals surface area contributed by atoms with Crippen molar-refractivity contribution < 1.29 is 19.4 Å². The number of methoxy groups -OCH3 is 2. The third kappa shape index (κ3) is 5.90. The van der Waals surface area contributed by atoms with Crippen LogP contribution in [0.4, 0.5) is 10.5 Å². The van der Waals surface area contributed by atoms with E-state index in [1.807, 2.05) is 0 Å². The minimum absolute atomic E-state index is 0.145. The summed E-state index contributed by atoms with van der Waals surface area (Å²) in [6, 6.07) is 6.66. The van der Waals surface area contributed by atoms with Crippen LogP contribution in [0.1, 0.15) is 13.3 Å². The molecule has 1 rings (SSSR count). The van der Waals surface area contributed by atoms with Crippen LogP contribution in [-0.4, -0.2) is 44.1 Å². The normalized spacial score (nSPS) is 13.4. The Bertz CT molecular complexity index is 435. The molecule has 112 valence electrons. The van der Waals surface area contributed by atoms with Gasteiger partial charge in [0.25, 0.3) is 0 Å². The second-order valence-electron chi connectivity index (χ2n) is 4.78. The summed E-state index contributed by atoms with van der Waals surface area (Å²) in [5.74, 6) is 0.662. The third-order valence-electron chi connectivity index (χ3n) is 2.80. The molecule has 0 bridgehead atoms. The molecule has 1 atom stereocenters. The first-order valence-corrected chi connectivity index (χ1v) is 6.37. The van der Waals surface area contributed by atoms with Crippen LogP contribution in [0.25, 0.3) is 0 Å². The van der Waals surface area contributed by atoms with Crippen molar-refractivity contribution in [2.24, 2.45) is 0 Å². The Morgan fingerprint density at radius 3 is 2.80 bits per heavy atom. The number of benzene rings is 1. The molecule has 0 aromatic heterocycles. The summed E-state index contributed by atoms with van der Waals surface area (Å²) >= 11 is 0. The SMILES string of the molecule is COCC[C@](C)(O)CNC(=O)Nc1cccc(OC)c1. The van der Waals surface area contributed by atoms with E-state index in [4.69, 9.17) is 9.47 Å². The van der Waals surface area contributed by atoms with Crippen LogP contribution in [0.5, 0.6) is 5.75 Å². The van der Waals surface area contributed by atoms with Gasteiger partial charge in [-0.25, -0.2) is 4.79 Å². The van der Waals surface area contributed by atoms with Crippen LogP contribution >= 0.6 is 0 Å². The largest absolute Gasteiger partial charge is 0.497 e. The van der Waals surface area contributed by atoms with Gasteiger partial charge in [-0.1, -0.05) is 6.07 Å². The zero-order chi connectivity index (χ0) is 15.0. The Kier molecular flexibility index (Phi) is 6.27. The van der Waals surface area contributed by atoms with Crippen molar-refractivity contribution in [3.63, 3.8) is 0 Å². The topological polar surface area (TPSA) is 79.8 Å². The molecular formula is C14H22N2O4. The summed E-state index contributed by atoms with van der Waals surface area (Å²) in [5, 5.41) is 15.3. The fourth-order valence-electron chi connectivity index (χ4n) is 1.56. The molecule has 2 amide bonds. The van der Waals surface area contributed by atoms with Gasteiger partial charge in [0, 0.05) is 38.4 Å². The maximum Gasteiger partial charge on any atom is 0.319 e. The quantitative estimate of drug-likeness (QED) is 0.709. The second kappa shape index (κ2) is 7.72. The van der Waals surface area contributed by atoms with E-state index in [2.05, 4.69) is 10.6 Å². The standard InChI is InChI=1S/C14H22N2O4/c1-14(18,7-8-19-2)10-15-13(17)16-11-5-4-6-12(9-11)20-3/h4-6,9,18H,7-8,10H2,1-3H3,(H2,15,16,17)/t14-/m0/s1. The van der Waals surface area contributed by atoms with Gasteiger partial charge < -0.3 is 25.2 Å². The molecule has 0 aliphatic heterocycles. The zero-order valence-electron chi connectivity index (χ0n) is 12.1. The molecule has 0 fully saturated rings. The van der Waals surface area contributed by atoms with E-state index in [0.29, 0.717) is 24.5 Å². The van der Waals surface area contributed by atoms with Crippen molar-refractivity contribution in [1.82, 2.24) is 5.32 Å². The number of nitrogens with one attached hydrogen (secondary N) is 2. The van der Waals surface area contributed by atoms with Gasteiger partial charge in [-0.05, 0) is 19.1 Å². The van der Waals surface area contributed by atoms with Gasteiger partial charge in [0.1, 0.15) is 5.75 Å². The summed E-state index contributed by atoms with van der Waals surface area (Å²) in [6.45, 7) is 2.23. The van der Waals surface area contributed by atoms with Crippen molar-refractivity contribution in [2.45, 2.75) is 18.9 Å². The van der Waals surface area contributed by atoms with Crippen LogP contribution in [0.2, 0.25) is 0 Å². The van der Waals surface area contributed by atoms with Gasteiger partial charge in [-0.15, -0.1) is 0 Å². The summed E-state index contributed by atoms with van der Waals surface area (Å²) in [4.78, 5) is 11.7. The van der Waals surface area contributed by atoms with Gasteiger partial charge >= 0.3 is 6.03 Å². The summed E-state index contributed by atoms with van der Waals surface area (Å²) in [5.41, 5.74) is -0.375. The molecule has 0 unspecified atom stereocenters. The van der Waals surface area contributed by atoms with E-state index in [0.717, 1.165) is 0 Å². The lowest BCUT2D eigenvalue weighted by Gasteiger charge is -2.23. The molecule has 0 saturated carbocycles. The number of hydrogen-bond donors (Lipinski definition) is 3. The van der Waals surface area contributed by atoms with Crippen molar-refractivity contribution in [2.75, 3.05) is 32.7 Å². The molecule has 6 nitrogen and oxygen atoms in total. The minimum Gasteiger partial charge on any atom is -0.497 e. The highest BCUT2D eigenvalue weighted by Gasteiger charge is 2.20. The monoisotopic (exact) mass is 282 g/mol. The van der Waals surface area contributed by atoms with E-state index in [1.165, 1.54) is 0 Å². The Morgan fingerprint density at radius 1 is 1.40 bits per heavy atom. The predicted molar refractivity (Wildman–Crippen MR) is 77.1 cm³/mol. The number of amides is 2. The highest BCUT2D eigenvalue weighted by Crippen LogP contribution is 2.16. The Hall–Kier alpha value is -1.79. The zero-order valence-corrected chi connectivity index (χ0v) is 12.1. The van der Waals surface area contributed by atoms with E-state index < -0.39 is 5.60 Å². The average molecular weight is 282 g/mol. The van der Waals surface area contributed by atoms with Crippen LogP contribution in [0.15, 0.2) is 24.3 Å². The first-order chi connectivity index (χ1) is 9.46. The third-order valence-corrected chi connectivity index (χ3v) is 2.80. The minimum atomic E-state index is -0.998. The Labute approximate surface area is 119 Å². The summed E-state index contributed by atoms with van der Waals surface area (Å²) in [6.07, 6.45) is 0.447. The molecule has 1 aromatic rings. The van der Waals surface area contributed by atoms with Crippen molar-refractivity contribution in [3.8, 4) is 5.75 Å². The molecule has 0 saturated heterocycles. The van der Waals surface area contributed by atoms with E-state index in [-0.39, 0.29) is 12.6 Å². The number of rotatable bonds is 7. The predicted octanol–water partition coefficient (Wildman–Crippen LogP) is 1.60. The van der Waals surface area contributed by atoms with Crippen molar-refractivity contribution >= 4 is 11.7 Å². The van der Waals surface area contributed by atoms with E-state index in [1.54, 1.807) is 45.4 Å². The fourth-order valence-corrected chi connectivity index (χ4v) is 1.56. The lowest BCUT2D eigenvalue weighted by atomic mass is 10.0. The molecule has 6 heteroatoms. The highest BCUT2D eigenvalue weighted by atomic mass is 16.5. The van der Waals surface area contributed by atoms with E-state index in [9.17, 15) is 9.90 Å². The fraction of sp³-hybridized carbons (Fsp3) is 0.500. The maximum atomic E-state index is 11.7. The molecule has 0 aliphatic carbocycles. The van der Waals surface area contributed by atoms with Crippen LogP contribution < -0.4 is 15.4 Å². The Morgan fingerprint density at radius 2 is 2.15 bits per heavy atom. The van der Waals surface area contributed by atoms with Crippen LogP contribution in [0.3, 0.4) is 0 Å². The molecule has 0 spiro atoms. The molecule has 1 aromatic carbocycles. The number of anilines is 1. The lowest BCUT2D eigenvalue weighted by molar-refractivity contribution is 0.0273. The number of hydrogen-bond acceptors (Lipinski definition) is 4. The van der Waals surface area contributed by atoms with Crippen LogP contribution in [0, 0.1) is 0 Å². The van der Waals surface area contributed by atoms with E-state index >= 15 is 0 Å². The second-order valence-corrected chi connectivity index (χ2v) is 4.78. The number of ether oxygens (including phenoxy) is 2. The molecule has 0 radical (unpaired) electrons. The number of carbonyl (C=O) groups excluding carboxylic acids is 1. The maximum absolute atomic E-state index is 11.7. The molecule has 20 heavy (non-hydrogen) atoms. The first kappa shape index (κ1) is 16.3. The Balaban J connectivity index is 2.43. The van der Waals surface area contributed by atoms with Gasteiger partial charge in [0.2, 0.25) is 0 Å². The smallest absolute Gasteiger partial charge is 0.319 e. The molecule has 0 heterocycles. The van der Waals surface area contributed by atoms with Gasteiger partial charge in [-0.2, -0.15) is 0 Å². The van der Waals surface area contributed by atoms with Crippen LogP contribution in [-0.2, 0) is 4.74 Å². The number of urea groups is 1. The van der Waals surface area contributed by atoms with Gasteiger partial charge in [0.15, 0.2) is 0 Å². The van der Waals surface area contributed by atoms with Gasteiger partial charge in [0.05, 0.1) is 12.7 Å². The average Bonchev–Trinajstić information content (AvgIpc) is 2.43. The van der Waals surface area contributed by atoms with Crippen molar-refractivity contribution in [3.05, 3.63) is 24.3 Å². The first-order valence-electron chi connectivity index (χ1n) is 6.37. The van der Waals surface area contributed by atoms with Gasteiger partial charge in [-0.3, -0.25) is 0 Å². The molecule has 3 N–H and O–H groups in total. The number of carbonyl (C=O) groups is 1. The number of aliphatic hydroxyl groups is 1. The highest BCUT2D eigenvalue weighted by molar-refractivity contribution is 5.89. The summed E-state index contributed by atoms with van der Waals surface area (Å²) < 4.78 is 9.97. The molecule has 0 aliphatic rings. The lowest BCUT2D eigenvalue weighted by Crippen LogP contribution is -2.42. The molecular weight excluding hydrogens is 260 g/mol. The van der Waals surface area contributed by atoms with Crippen molar-refractivity contribution in [1.29, 1.82) is 0 Å². The summed E-state index contributed by atoms with van der Waals surface area (Å²) in [7, 11) is 3.13.